The van der Waals surface area contributed by atoms with Gasteiger partial charge < -0.3 is 9.88 Å². The van der Waals surface area contributed by atoms with Crippen molar-refractivity contribution < 1.29 is 9.18 Å². The number of rotatable bonds is 2. The third kappa shape index (κ3) is 2.82. The number of nitrogens with one attached hydrogen (secondary N) is 1. The fourth-order valence-corrected chi connectivity index (χ4v) is 3.52. The maximum atomic E-state index is 13.2. The topological polar surface area (TPSA) is 53.2 Å². The third-order valence-electron chi connectivity index (χ3n) is 4.75. The maximum absolute atomic E-state index is 13.2. The van der Waals surface area contributed by atoms with Crippen LogP contribution in [0.25, 0.3) is 10.8 Å². The van der Waals surface area contributed by atoms with E-state index < -0.39 is 0 Å². The van der Waals surface area contributed by atoms with Crippen LogP contribution in [0.2, 0.25) is 0 Å². The molecule has 2 aromatic carbocycles. The summed E-state index contributed by atoms with van der Waals surface area (Å²) in [6, 6.07) is 15.1. The number of aromatic amines is 1. The molecule has 0 aliphatic carbocycles. The van der Waals surface area contributed by atoms with E-state index in [2.05, 4.69) is 4.98 Å². The van der Waals surface area contributed by atoms with Crippen molar-refractivity contribution in [1.29, 1.82) is 0 Å². The Bertz CT molecular complexity index is 994. The molecule has 1 aliphatic heterocycles. The van der Waals surface area contributed by atoms with Crippen molar-refractivity contribution in [1.82, 2.24) is 9.88 Å². The molecule has 1 N–H and O–H groups in total. The number of fused-ring (bicyclic) bond motifs is 1. The summed E-state index contributed by atoms with van der Waals surface area (Å²) in [5.74, 6) is -0.492. The van der Waals surface area contributed by atoms with Gasteiger partial charge in [-0.2, -0.15) is 0 Å². The molecule has 1 saturated heterocycles. The van der Waals surface area contributed by atoms with E-state index in [9.17, 15) is 14.0 Å². The molecule has 0 radical (unpaired) electrons. The lowest BCUT2D eigenvalue weighted by Crippen LogP contribution is -2.32. The lowest BCUT2D eigenvalue weighted by molar-refractivity contribution is 0.0729. The summed E-state index contributed by atoms with van der Waals surface area (Å²) in [6.07, 6.45) is 1.71. The van der Waals surface area contributed by atoms with Crippen LogP contribution < -0.4 is 5.56 Å². The average Bonchev–Trinajstić information content (AvgIpc) is 3.11. The molecule has 3 aromatic rings. The molecule has 1 atom stereocenters. The van der Waals surface area contributed by atoms with E-state index >= 15 is 0 Å². The van der Waals surface area contributed by atoms with Gasteiger partial charge in [-0.05, 0) is 48.1 Å². The highest BCUT2D eigenvalue weighted by atomic mass is 19.1. The number of halogens is 1. The highest BCUT2D eigenvalue weighted by molar-refractivity contribution is 5.96. The number of likely N-dealkylation sites (tertiary alicyclic amines) is 1. The summed E-state index contributed by atoms with van der Waals surface area (Å²) in [5.41, 5.74) is 0.937. The normalized spacial score (nSPS) is 17.2. The van der Waals surface area contributed by atoms with E-state index in [-0.39, 0.29) is 29.0 Å². The molecule has 2 heterocycles. The minimum Gasteiger partial charge on any atom is -0.330 e. The van der Waals surface area contributed by atoms with Crippen molar-refractivity contribution in [2.24, 2.45) is 0 Å². The van der Waals surface area contributed by atoms with E-state index in [1.807, 2.05) is 12.1 Å². The Labute approximate surface area is 143 Å². The van der Waals surface area contributed by atoms with Crippen molar-refractivity contribution in [2.75, 3.05) is 6.54 Å². The number of hydrogen-bond donors (Lipinski definition) is 1. The second kappa shape index (κ2) is 6.16. The molecule has 25 heavy (non-hydrogen) atoms. The quantitative estimate of drug-likeness (QED) is 0.777. The highest BCUT2D eigenvalue weighted by Crippen LogP contribution is 2.33. The Morgan fingerprint density at radius 1 is 1.12 bits per heavy atom. The van der Waals surface area contributed by atoms with Crippen molar-refractivity contribution in [2.45, 2.75) is 18.9 Å². The second-order valence-electron chi connectivity index (χ2n) is 6.31. The van der Waals surface area contributed by atoms with Gasteiger partial charge in [0.1, 0.15) is 11.5 Å². The Morgan fingerprint density at radius 3 is 2.68 bits per heavy atom. The molecule has 5 heteroatoms. The van der Waals surface area contributed by atoms with Crippen LogP contribution in [0.5, 0.6) is 0 Å². The molecular weight excluding hydrogens is 319 g/mol. The van der Waals surface area contributed by atoms with Gasteiger partial charge in [-0.15, -0.1) is 0 Å². The van der Waals surface area contributed by atoms with E-state index in [4.69, 9.17) is 0 Å². The van der Waals surface area contributed by atoms with Crippen LogP contribution in [0.1, 0.15) is 34.9 Å². The van der Waals surface area contributed by atoms with E-state index in [1.54, 1.807) is 35.2 Å². The Kier molecular flexibility index (Phi) is 3.84. The number of benzene rings is 2. The number of amides is 1. The first kappa shape index (κ1) is 15.6. The number of hydrogen-bond acceptors (Lipinski definition) is 2. The molecule has 1 aliphatic rings. The fourth-order valence-electron chi connectivity index (χ4n) is 3.52. The van der Waals surface area contributed by atoms with E-state index in [0.29, 0.717) is 11.9 Å². The van der Waals surface area contributed by atoms with Crippen LogP contribution in [0.4, 0.5) is 4.39 Å². The number of pyridine rings is 1. The lowest BCUT2D eigenvalue weighted by Gasteiger charge is -2.25. The van der Waals surface area contributed by atoms with Gasteiger partial charge in [-0.25, -0.2) is 4.39 Å². The molecule has 1 fully saturated rings. The molecule has 4 rings (SSSR count). The fraction of sp³-hybridized carbons (Fsp3) is 0.200. The number of aromatic nitrogens is 1. The minimum atomic E-state index is -0.293. The standard InChI is InChI=1S/C20H17FN2O2/c21-15-9-7-13(8-10-15)18-6-3-11-23(18)20(25)17-12-14-4-1-2-5-16(14)19(24)22-17/h1-2,4-5,7-10,12,18H,3,6,11H2,(H,22,24)/t18-/m0/s1. The van der Waals surface area contributed by atoms with E-state index in [1.165, 1.54) is 12.1 Å². The number of nitrogens with zero attached hydrogens (tertiary/aromatic N) is 1. The zero-order valence-electron chi connectivity index (χ0n) is 13.5. The molecule has 126 valence electrons. The van der Waals surface area contributed by atoms with Crippen molar-refractivity contribution >= 4 is 16.7 Å². The number of H-pyrrole nitrogens is 1. The summed E-state index contributed by atoms with van der Waals surface area (Å²) in [7, 11) is 0. The first-order valence-electron chi connectivity index (χ1n) is 8.32. The zero-order valence-corrected chi connectivity index (χ0v) is 13.5. The van der Waals surface area contributed by atoms with Crippen LogP contribution in [0.3, 0.4) is 0 Å². The van der Waals surface area contributed by atoms with Gasteiger partial charge in [0.05, 0.1) is 6.04 Å². The smallest absolute Gasteiger partial charge is 0.270 e. The van der Waals surface area contributed by atoms with Gasteiger partial charge in [0, 0.05) is 11.9 Å². The zero-order chi connectivity index (χ0) is 17.4. The largest absolute Gasteiger partial charge is 0.330 e. The van der Waals surface area contributed by atoms with Crippen molar-refractivity contribution in [3.8, 4) is 0 Å². The summed E-state index contributed by atoms with van der Waals surface area (Å²) in [4.78, 5) is 29.7. The number of carbonyl (C=O) groups is 1. The van der Waals surface area contributed by atoms with Crippen molar-refractivity contribution in [3.63, 3.8) is 0 Å². The van der Waals surface area contributed by atoms with Crippen LogP contribution in [0, 0.1) is 5.82 Å². The van der Waals surface area contributed by atoms with Crippen LogP contribution in [-0.4, -0.2) is 22.3 Å². The SMILES string of the molecule is O=C(c1cc2ccccc2c(=O)[nH]1)N1CCC[C@H]1c1ccc(F)cc1. The van der Waals surface area contributed by atoms with Gasteiger partial charge >= 0.3 is 0 Å². The Balaban J connectivity index is 1.70. The summed E-state index contributed by atoms with van der Waals surface area (Å²) < 4.78 is 13.2. The molecule has 0 bridgehead atoms. The maximum Gasteiger partial charge on any atom is 0.270 e. The van der Waals surface area contributed by atoms with Gasteiger partial charge in [0.2, 0.25) is 0 Å². The summed E-state index contributed by atoms with van der Waals surface area (Å²) in [5, 5.41) is 1.31. The van der Waals surface area contributed by atoms with Gasteiger partial charge in [-0.3, -0.25) is 9.59 Å². The average molecular weight is 336 g/mol. The van der Waals surface area contributed by atoms with Crippen LogP contribution in [-0.2, 0) is 0 Å². The van der Waals surface area contributed by atoms with E-state index in [0.717, 1.165) is 23.8 Å². The predicted molar refractivity (Wildman–Crippen MR) is 94.0 cm³/mol. The van der Waals surface area contributed by atoms with Crippen molar-refractivity contribution in [3.05, 3.63) is 82.0 Å². The highest BCUT2D eigenvalue weighted by Gasteiger charge is 2.31. The molecule has 0 unspecified atom stereocenters. The number of carbonyl (C=O) groups excluding carboxylic acids is 1. The predicted octanol–water partition coefficient (Wildman–Crippen LogP) is 3.64. The minimum absolute atomic E-state index is 0.0944. The molecule has 1 aromatic heterocycles. The summed E-state index contributed by atoms with van der Waals surface area (Å²) >= 11 is 0. The monoisotopic (exact) mass is 336 g/mol. The summed E-state index contributed by atoms with van der Waals surface area (Å²) in [6.45, 7) is 0.621. The Hall–Kier alpha value is -2.95. The lowest BCUT2D eigenvalue weighted by atomic mass is 10.0. The first-order valence-corrected chi connectivity index (χ1v) is 8.32. The van der Waals surface area contributed by atoms with Gasteiger partial charge in [0.25, 0.3) is 11.5 Å². The molecule has 0 saturated carbocycles. The molecule has 4 nitrogen and oxygen atoms in total. The van der Waals surface area contributed by atoms with Gasteiger partial charge in [0.15, 0.2) is 0 Å². The van der Waals surface area contributed by atoms with Gasteiger partial charge in [-0.1, -0.05) is 30.3 Å². The molecule has 0 spiro atoms. The van der Waals surface area contributed by atoms with Crippen LogP contribution in [0.15, 0.2) is 59.4 Å². The molecule has 1 amide bonds. The first-order chi connectivity index (χ1) is 12.1. The van der Waals surface area contributed by atoms with Crippen LogP contribution >= 0.6 is 0 Å². The Morgan fingerprint density at radius 2 is 1.88 bits per heavy atom. The third-order valence-corrected chi connectivity index (χ3v) is 4.75. The second-order valence-corrected chi connectivity index (χ2v) is 6.31. The molecular formula is C20H17FN2O2.